The van der Waals surface area contributed by atoms with Gasteiger partial charge in [0.15, 0.2) is 5.82 Å². The maximum atomic E-state index is 12.5. The Kier molecular flexibility index (Phi) is 5.87. The van der Waals surface area contributed by atoms with Crippen LogP contribution in [0.5, 0.6) is 0 Å². The molecule has 0 bridgehead atoms. The van der Waals surface area contributed by atoms with Crippen LogP contribution in [0.1, 0.15) is 10.4 Å². The Morgan fingerprint density at radius 1 is 1.36 bits per heavy atom. The van der Waals surface area contributed by atoms with E-state index in [1.54, 1.807) is 22.2 Å². The third-order valence-corrected chi connectivity index (χ3v) is 4.79. The summed E-state index contributed by atoms with van der Waals surface area (Å²) in [6, 6.07) is 2.76. The molecular weight excluding hydrogens is 405 g/mol. The molecule has 2 rings (SSSR count). The average Bonchev–Trinajstić information content (AvgIpc) is 2.99. The minimum absolute atomic E-state index is 0.0282. The number of amides is 2. The summed E-state index contributed by atoms with van der Waals surface area (Å²) < 4.78 is 64.7. The molecule has 3 N–H and O–H groups in total. The van der Waals surface area contributed by atoms with Crippen LogP contribution in [0.25, 0.3) is 0 Å². The summed E-state index contributed by atoms with van der Waals surface area (Å²) in [5, 5.41) is 3.22. The van der Waals surface area contributed by atoms with E-state index in [1.807, 2.05) is 5.32 Å². The van der Waals surface area contributed by atoms with Gasteiger partial charge in [0.1, 0.15) is 0 Å². The van der Waals surface area contributed by atoms with E-state index in [9.17, 15) is 26.4 Å². The summed E-state index contributed by atoms with van der Waals surface area (Å²) in [5.74, 6) is -0.416. The summed E-state index contributed by atoms with van der Waals surface area (Å²) in [7, 11) is -4.18. The highest BCUT2D eigenvalue weighted by Gasteiger charge is 2.31. The topological polar surface area (TPSA) is 100 Å². The molecule has 0 radical (unpaired) electrons. The number of anilines is 1. The highest BCUT2D eigenvalue weighted by Crippen LogP contribution is 2.32. The van der Waals surface area contributed by atoms with Gasteiger partial charge in [0.25, 0.3) is 0 Å². The normalized spacial score (nSPS) is 12.0. The lowest BCUT2D eigenvalue weighted by Gasteiger charge is -2.11. The molecule has 0 atom stereocenters. The predicted molar refractivity (Wildman–Crippen MR) is 86.5 cm³/mol. The average molecular weight is 415 g/mol. The molecule has 7 nitrogen and oxygen atoms in total. The highest BCUT2D eigenvalue weighted by atomic mass is 35.5. The third kappa shape index (κ3) is 5.85. The molecule has 2 aromatic heterocycles. The monoisotopic (exact) mass is 414 g/mol. The van der Waals surface area contributed by atoms with Gasteiger partial charge in [-0.05, 0) is 17.5 Å². The highest BCUT2D eigenvalue weighted by molar-refractivity contribution is 7.88. The zero-order valence-electron chi connectivity index (χ0n) is 12.1. The van der Waals surface area contributed by atoms with Crippen LogP contribution in [0.3, 0.4) is 0 Å². The Hall–Kier alpha value is -1.89. The summed E-state index contributed by atoms with van der Waals surface area (Å²) in [4.78, 5) is 15.7. The second-order valence-electron chi connectivity index (χ2n) is 4.51. The fourth-order valence-corrected chi connectivity index (χ4v) is 3.22. The van der Waals surface area contributed by atoms with Crippen LogP contribution in [0.4, 0.5) is 23.8 Å². The fraction of sp³-hybridized carbons (Fsp3) is 0.167. The minimum atomic E-state index is -4.65. The number of urea groups is 1. The van der Waals surface area contributed by atoms with E-state index in [1.165, 1.54) is 11.3 Å². The number of carbonyl (C=O) groups excluding carboxylic acids is 1. The van der Waals surface area contributed by atoms with Gasteiger partial charge in [0.05, 0.1) is 10.6 Å². The Labute approximate surface area is 149 Å². The van der Waals surface area contributed by atoms with Crippen molar-refractivity contribution in [2.75, 3.05) is 5.32 Å². The van der Waals surface area contributed by atoms with E-state index in [4.69, 9.17) is 11.6 Å². The van der Waals surface area contributed by atoms with Gasteiger partial charge in [-0.1, -0.05) is 17.7 Å². The third-order valence-electron chi connectivity index (χ3n) is 2.64. The van der Waals surface area contributed by atoms with Crippen LogP contribution in [0.15, 0.2) is 29.8 Å². The molecule has 13 heteroatoms. The van der Waals surface area contributed by atoms with Gasteiger partial charge >= 0.3 is 22.4 Å². The Balaban J connectivity index is 1.97. The molecule has 0 aliphatic carbocycles. The number of thiophene rings is 1. The van der Waals surface area contributed by atoms with Crippen LogP contribution >= 0.6 is 22.9 Å². The molecule has 0 unspecified atom stereocenters. The molecule has 0 saturated heterocycles. The largest absolute Gasteiger partial charge is 0.417 e. The molecule has 0 saturated carbocycles. The van der Waals surface area contributed by atoms with Gasteiger partial charge < -0.3 is 0 Å². The Morgan fingerprint density at radius 2 is 2.08 bits per heavy atom. The molecule has 2 heterocycles. The van der Waals surface area contributed by atoms with Crippen molar-refractivity contribution in [1.82, 2.24) is 14.4 Å². The van der Waals surface area contributed by atoms with Gasteiger partial charge in [-0.2, -0.15) is 26.3 Å². The molecule has 0 spiro atoms. The first-order valence-corrected chi connectivity index (χ1v) is 9.14. The summed E-state index contributed by atoms with van der Waals surface area (Å²) >= 11 is 6.93. The lowest BCUT2D eigenvalue weighted by Crippen LogP contribution is -2.42. The van der Waals surface area contributed by atoms with E-state index in [0.29, 0.717) is 12.3 Å². The van der Waals surface area contributed by atoms with Crippen molar-refractivity contribution in [3.8, 4) is 0 Å². The van der Waals surface area contributed by atoms with Crippen molar-refractivity contribution in [3.63, 3.8) is 0 Å². The second kappa shape index (κ2) is 7.56. The Bertz CT molecular complexity index is 857. The first-order chi connectivity index (χ1) is 11.6. The summed E-state index contributed by atoms with van der Waals surface area (Å²) in [6.07, 6.45) is -4.18. The molecule has 0 fully saturated rings. The zero-order chi connectivity index (χ0) is 18.7. The van der Waals surface area contributed by atoms with E-state index in [-0.39, 0.29) is 6.54 Å². The second-order valence-corrected chi connectivity index (χ2v) is 7.45. The number of alkyl halides is 3. The van der Waals surface area contributed by atoms with Crippen LogP contribution in [0.2, 0.25) is 5.02 Å². The number of carbonyl (C=O) groups is 1. The van der Waals surface area contributed by atoms with Gasteiger partial charge in [-0.15, -0.1) is 11.3 Å². The molecule has 136 valence electrons. The van der Waals surface area contributed by atoms with Crippen molar-refractivity contribution in [1.29, 1.82) is 0 Å². The van der Waals surface area contributed by atoms with Gasteiger partial charge in [-0.3, -0.25) is 5.32 Å². The minimum Gasteiger partial charge on any atom is -0.290 e. The van der Waals surface area contributed by atoms with Crippen molar-refractivity contribution < 1.29 is 26.4 Å². The number of rotatable bonds is 5. The lowest BCUT2D eigenvalue weighted by molar-refractivity contribution is -0.137. The van der Waals surface area contributed by atoms with E-state index in [2.05, 4.69) is 9.71 Å². The Morgan fingerprint density at radius 3 is 2.64 bits per heavy atom. The number of nitrogens with zero attached hydrogens (tertiary/aromatic N) is 1. The summed E-state index contributed by atoms with van der Waals surface area (Å²) in [5.41, 5.74) is -1.10. The lowest BCUT2D eigenvalue weighted by atomic mass is 10.3. The SMILES string of the molecule is O=C(Nc1ncc(C(F)(F)F)cc1Cl)NS(=O)(=O)NCc1cccs1. The predicted octanol–water partition coefficient (Wildman–Crippen LogP) is 2.97. The standard InChI is InChI=1S/C12H10ClF3N4O3S2/c13-9-4-7(12(14,15)16)5-17-10(9)19-11(21)20-25(22,23)18-6-8-2-1-3-24-8/h1-5,18H,6H2,(H2,17,19,20,21). The van der Waals surface area contributed by atoms with E-state index < -0.39 is 38.8 Å². The summed E-state index contributed by atoms with van der Waals surface area (Å²) in [6.45, 7) is -0.0282. The fourth-order valence-electron chi connectivity index (χ4n) is 1.56. The number of aromatic nitrogens is 1. The molecule has 0 aliphatic rings. The van der Waals surface area contributed by atoms with Crippen molar-refractivity contribution in [2.24, 2.45) is 0 Å². The molecule has 25 heavy (non-hydrogen) atoms. The van der Waals surface area contributed by atoms with Crippen LogP contribution < -0.4 is 14.8 Å². The molecule has 2 amide bonds. The number of hydrogen-bond acceptors (Lipinski definition) is 5. The molecule has 0 aliphatic heterocycles. The van der Waals surface area contributed by atoms with Crippen molar-refractivity contribution in [2.45, 2.75) is 12.7 Å². The number of hydrogen-bond donors (Lipinski definition) is 3. The maximum absolute atomic E-state index is 12.5. The van der Waals surface area contributed by atoms with Crippen LogP contribution in [-0.2, 0) is 22.9 Å². The molecule has 0 aromatic carbocycles. The number of halogens is 4. The van der Waals surface area contributed by atoms with E-state index in [0.717, 1.165) is 4.88 Å². The first kappa shape index (κ1) is 19.4. The van der Waals surface area contributed by atoms with Gasteiger partial charge in [-0.25, -0.2) is 14.5 Å². The first-order valence-electron chi connectivity index (χ1n) is 6.40. The number of pyridine rings is 1. The smallest absolute Gasteiger partial charge is 0.290 e. The van der Waals surface area contributed by atoms with Crippen LogP contribution in [0, 0.1) is 0 Å². The molecular formula is C12H10ClF3N4O3S2. The molecule has 2 aromatic rings. The quantitative estimate of drug-likeness (QED) is 0.700. The van der Waals surface area contributed by atoms with Gasteiger partial charge in [0, 0.05) is 17.6 Å². The number of nitrogens with one attached hydrogen (secondary N) is 3. The zero-order valence-corrected chi connectivity index (χ0v) is 14.5. The van der Waals surface area contributed by atoms with Gasteiger partial charge in [0.2, 0.25) is 0 Å². The van der Waals surface area contributed by atoms with Crippen molar-refractivity contribution in [3.05, 3.63) is 45.2 Å². The maximum Gasteiger partial charge on any atom is 0.417 e. The van der Waals surface area contributed by atoms with Crippen molar-refractivity contribution >= 4 is 45.0 Å². The van der Waals surface area contributed by atoms with E-state index >= 15 is 0 Å². The van der Waals surface area contributed by atoms with Crippen LogP contribution in [-0.4, -0.2) is 19.4 Å².